The van der Waals surface area contributed by atoms with Gasteiger partial charge in [0.25, 0.3) is 0 Å². The van der Waals surface area contributed by atoms with Gasteiger partial charge in [0.1, 0.15) is 0 Å². The summed E-state index contributed by atoms with van der Waals surface area (Å²) in [7, 11) is 0. The van der Waals surface area contributed by atoms with Crippen LogP contribution in [0.2, 0.25) is 0 Å². The SMILES string of the molecule is OC(OC1OC1C(Cl)(Cl)Cl)C(Cl)(Cl)Cl. The van der Waals surface area contributed by atoms with Crippen molar-refractivity contribution in [1.82, 2.24) is 0 Å². The van der Waals surface area contributed by atoms with Crippen LogP contribution in [0.15, 0.2) is 0 Å². The van der Waals surface area contributed by atoms with Gasteiger partial charge in [0, 0.05) is 0 Å². The Morgan fingerprint density at radius 1 is 1.14 bits per heavy atom. The van der Waals surface area contributed by atoms with Crippen LogP contribution in [-0.4, -0.2) is 31.4 Å². The third kappa shape index (κ3) is 3.89. The number of aliphatic hydroxyl groups is 1. The first-order valence-electron chi connectivity index (χ1n) is 3.25. The zero-order valence-electron chi connectivity index (χ0n) is 6.26. The van der Waals surface area contributed by atoms with Crippen LogP contribution in [0.3, 0.4) is 0 Å². The number of aliphatic hydroxyl groups excluding tert-OH is 1. The van der Waals surface area contributed by atoms with Crippen LogP contribution in [0.1, 0.15) is 0 Å². The fraction of sp³-hybridized carbons (Fsp3) is 1.00. The van der Waals surface area contributed by atoms with Gasteiger partial charge in [-0.3, -0.25) is 0 Å². The van der Waals surface area contributed by atoms with Crippen molar-refractivity contribution in [2.24, 2.45) is 0 Å². The molecule has 1 saturated heterocycles. The molecule has 1 heterocycles. The standard InChI is InChI=1S/C5H4Cl6O3/c6-4(7,8)1-2(13-1)14-3(12)5(9,10)11/h1-3,12H. The van der Waals surface area contributed by atoms with Crippen LogP contribution in [0.5, 0.6) is 0 Å². The van der Waals surface area contributed by atoms with Gasteiger partial charge in [0.2, 0.25) is 13.9 Å². The van der Waals surface area contributed by atoms with Gasteiger partial charge in [-0.1, -0.05) is 69.6 Å². The van der Waals surface area contributed by atoms with E-state index in [1.807, 2.05) is 0 Å². The lowest BCUT2D eigenvalue weighted by Gasteiger charge is -2.18. The van der Waals surface area contributed by atoms with Gasteiger partial charge in [0.05, 0.1) is 0 Å². The zero-order chi connectivity index (χ0) is 11.1. The summed E-state index contributed by atoms with van der Waals surface area (Å²) in [5.74, 6) is 0. The van der Waals surface area contributed by atoms with Crippen molar-refractivity contribution in [2.45, 2.75) is 26.3 Å². The second-order valence-corrected chi connectivity index (χ2v) is 7.23. The monoisotopic (exact) mass is 322 g/mol. The van der Waals surface area contributed by atoms with Crippen LogP contribution >= 0.6 is 69.6 Å². The van der Waals surface area contributed by atoms with E-state index in [0.29, 0.717) is 0 Å². The summed E-state index contributed by atoms with van der Waals surface area (Å²) in [4.78, 5) is 0. The predicted molar refractivity (Wildman–Crippen MR) is 56.3 cm³/mol. The van der Waals surface area contributed by atoms with Crippen LogP contribution in [0.25, 0.3) is 0 Å². The highest BCUT2D eigenvalue weighted by Gasteiger charge is 2.56. The summed E-state index contributed by atoms with van der Waals surface area (Å²) in [6, 6.07) is 0. The Labute approximate surface area is 110 Å². The van der Waals surface area contributed by atoms with Gasteiger partial charge in [0.15, 0.2) is 12.4 Å². The van der Waals surface area contributed by atoms with Crippen LogP contribution in [-0.2, 0) is 9.47 Å². The molecule has 3 nitrogen and oxygen atoms in total. The van der Waals surface area contributed by atoms with Crippen LogP contribution < -0.4 is 0 Å². The molecule has 1 N–H and O–H groups in total. The highest BCUT2D eigenvalue weighted by Crippen LogP contribution is 2.45. The largest absolute Gasteiger partial charge is 0.364 e. The fourth-order valence-electron chi connectivity index (χ4n) is 0.638. The van der Waals surface area contributed by atoms with Crippen molar-refractivity contribution in [1.29, 1.82) is 0 Å². The Morgan fingerprint density at radius 3 is 1.93 bits per heavy atom. The van der Waals surface area contributed by atoms with Crippen molar-refractivity contribution in [3.05, 3.63) is 0 Å². The van der Waals surface area contributed by atoms with E-state index in [4.69, 9.17) is 84.2 Å². The summed E-state index contributed by atoms with van der Waals surface area (Å²) >= 11 is 32.4. The number of alkyl halides is 6. The van der Waals surface area contributed by atoms with Crippen molar-refractivity contribution in [3.8, 4) is 0 Å². The van der Waals surface area contributed by atoms with E-state index in [1.165, 1.54) is 0 Å². The normalized spacial score (nSPS) is 30.2. The third-order valence-electron chi connectivity index (χ3n) is 1.32. The van der Waals surface area contributed by atoms with E-state index < -0.39 is 26.3 Å². The van der Waals surface area contributed by atoms with Crippen LogP contribution in [0.4, 0.5) is 0 Å². The van der Waals surface area contributed by atoms with E-state index in [1.54, 1.807) is 0 Å². The maximum absolute atomic E-state index is 9.15. The molecule has 0 spiro atoms. The van der Waals surface area contributed by atoms with Crippen molar-refractivity contribution in [2.75, 3.05) is 0 Å². The van der Waals surface area contributed by atoms with E-state index in [2.05, 4.69) is 0 Å². The lowest BCUT2D eigenvalue weighted by atomic mass is 10.5. The van der Waals surface area contributed by atoms with Crippen molar-refractivity contribution >= 4 is 69.6 Å². The molecule has 9 heteroatoms. The molecule has 0 radical (unpaired) electrons. The van der Waals surface area contributed by atoms with Crippen LogP contribution in [0, 0.1) is 0 Å². The molecule has 3 atom stereocenters. The summed E-state index contributed by atoms with van der Waals surface area (Å²) < 4.78 is 5.95. The third-order valence-corrected chi connectivity index (χ3v) is 2.52. The molecule has 0 amide bonds. The Hall–Kier alpha value is 1.62. The first-order chi connectivity index (χ1) is 6.12. The van der Waals surface area contributed by atoms with Gasteiger partial charge in [-0.25, -0.2) is 0 Å². The smallest absolute Gasteiger partial charge is 0.240 e. The molecule has 1 rings (SSSR count). The number of hydrogen-bond acceptors (Lipinski definition) is 3. The Balaban J connectivity index is 2.37. The predicted octanol–water partition coefficient (Wildman–Crippen LogP) is 2.79. The second kappa shape index (κ2) is 4.47. The molecular weight excluding hydrogens is 321 g/mol. The summed E-state index contributed by atoms with van der Waals surface area (Å²) in [5.41, 5.74) is 0. The number of ether oxygens (including phenoxy) is 2. The molecule has 1 aliphatic rings. The number of epoxide rings is 1. The van der Waals surface area contributed by atoms with Gasteiger partial charge >= 0.3 is 0 Å². The van der Waals surface area contributed by atoms with Gasteiger partial charge in [-0.15, -0.1) is 0 Å². The molecule has 0 saturated carbocycles. The maximum Gasteiger partial charge on any atom is 0.240 e. The van der Waals surface area contributed by atoms with Gasteiger partial charge < -0.3 is 14.6 Å². The number of hydrogen-bond donors (Lipinski definition) is 1. The molecule has 3 unspecified atom stereocenters. The molecule has 0 aromatic carbocycles. The highest BCUT2D eigenvalue weighted by atomic mass is 35.6. The minimum Gasteiger partial charge on any atom is -0.364 e. The molecule has 1 fully saturated rings. The Bertz CT molecular complexity index is 210. The molecule has 84 valence electrons. The summed E-state index contributed by atoms with van der Waals surface area (Å²) in [5, 5.41) is 9.15. The Kier molecular flexibility index (Phi) is 4.37. The first-order valence-corrected chi connectivity index (χ1v) is 5.51. The quantitative estimate of drug-likeness (QED) is 0.482. The van der Waals surface area contributed by atoms with E-state index in [9.17, 15) is 0 Å². The maximum atomic E-state index is 9.15. The van der Waals surface area contributed by atoms with Crippen molar-refractivity contribution in [3.63, 3.8) is 0 Å². The summed E-state index contributed by atoms with van der Waals surface area (Å²) in [6.45, 7) is 0. The minimum atomic E-state index is -1.97. The second-order valence-electron chi connectivity index (χ2n) is 2.50. The molecular formula is C5H4Cl6O3. The lowest BCUT2D eigenvalue weighted by molar-refractivity contribution is -0.129. The fourth-order valence-corrected chi connectivity index (χ4v) is 1.26. The van der Waals surface area contributed by atoms with Gasteiger partial charge in [-0.2, -0.15) is 0 Å². The average Bonchev–Trinajstić information content (AvgIpc) is 2.63. The Morgan fingerprint density at radius 2 is 1.64 bits per heavy atom. The van der Waals surface area contributed by atoms with Gasteiger partial charge in [-0.05, 0) is 0 Å². The van der Waals surface area contributed by atoms with Crippen molar-refractivity contribution < 1.29 is 14.6 Å². The molecule has 0 aromatic heterocycles. The highest BCUT2D eigenvalue weighted by molar-refractivity contribution is 6.68. The zero-order valence-corrected chi connectivity index (χ0v) is 10.8. The number of rotatable bonds is 2. The average molecular weight is 325 g/mol. The van der Waals surface area contributed by atoms with E-state index in [-0.39, 0.29) is 0 Å². The topological polar surface area (TPSA) is 42.0 Å². The molecule has 1 aliphatic heterocycles. The lowest BCUT2D eigenvalue weighted by Crippen LogP contribution is -2.31. The van der Waals surface area contributed by atoms with E-state index >= 15 is 0 Å². The molecule has 14 heavy (non-hydrogen) atoms. The minimum absolute atomic E-state index is 0.769. The molecule has 0 aliphatic carbocycles. The first kappa shape index (κ1) is 13.7. The molecule has 0 aromatic rings. The summed E-state index contributed by atoms with van der Waals surface area (Å²) in [6.07, 6.45) is -3.29. The molecule has 0 bridgehead atoms. The number of halogens is 6. The van der Waals surface area contributed by atoms with E-state index in [0.717, 1.165) is 0 Å².